The standard InChI is InChI=1S/C7H4FN3O3/c8-3-1-2-4(10-11-9)6(12)5(3)7(13)14/h1-2,12H,(H,13,14). The van der Waals surface area contributed by atoms with Gasteiger partial charge in [-0.1, -0.05) is 5.11 Å². The van der Waals surface area contributed by atoms with E-state index in [9.17, 15) is 14.3 Å². The monoisotopic (exact) mass is 197 g/mol. The molecule has 72 valence electrons. The lowest BCUT2D eigenvalue weighted by Crippen LogP contribution is -2.00. The summed E-state index contributed by atoms with van der Waals surface area (Å²) in [5.41, 5.74) is 6.81. The first kappa shape index (κ1) is 9.82. The Morgan fingerprint density at radius 2 is 2.21 bits per heavy atom. The van der Waals surface area contributed by atoms with Gasteiger partial charge in [0, 0.05) is 4.91 Å². The normalized spacial score (nSPS) is 9.21. The van der Waals surface area contributed by atoms with E-state index in [0.29, 0.717) is 0 Å². The summed E-state index contributed by atoms with van der Waals surface area (Å²) in [5, 5.41) is 20.7. The Hall–Kier alpha value is -2.27. The number of aromatic hydroxyl groups is 1. The first-order chi connectivity index (χ1) is 6.57. The maximum absolute atomic E-state index is 12.8. The molecule has 0 aliphatic carbocycles. The van der Waals surface area contributed by atoms with Gasteiger partial charge in [0.2, 0.25) is 0 Å². The summed E-state index contributed by atoms with van der Waals surface area (Å²) in [6.07, 6.45) is 0. The molecule has 0 saturated carbocycles. The van der Waals surface area contributed by atoms with Crippen molar-refractivity contribution in [2.75, 3.05) is 0 Å². The zero-order chi connectivity index (χ0) is 10.7. The topological polar surface area (TPSA) is 106 Å². The van der Waals surface area contributed by atoms with Crippen molar-refractivity contribution in [2.45, 2.75) is 0 Å². The van der Waals surface area contributed by atoms with Crippen molar-refractivity contribution in [1.82, 2.24) is 0 Å². The number of carbonyl (C=O) groups is 1. The molecule has 0 aliphatic heterocycles. The molecular formula is C7H4FN3O3. The number of nitrogens with zero attached hydrogens (tertiary/aromatic N) is 3. The predicted molar refractivity (Wildman–Crippen MR) is 43.8 cm³/mol. The van der Waals surface area contributed by atoms with E-state index in [1.54, 1.807) is 0 Å². The van der Waals surface area contributed by atoms with Crippen LogP contribution < -0.4 is 0 Å². The van der Waals surface area contributed by atoms with Crippen LogP contribution in [0.25, 0.3) is 10.4 Å². The number of aromatic carboxylic acids is 1. The first-order valence-corrected chi connectivity index (χ1v) is 3.37. The number of benzene rings is 1. The maximum atomic E-state index is 12.8. The van der Waals surface area contributed by atoms with Crippen LogP contribution in [0, 0.1) is 5.82 Å². The van der Waals surface area contributed by atoms with Crippen molar-refractivity contribution < 1.29 is 19.4 Å². The smallest absolute Gasteiger partial charge is 0.342 e. The molecule has 0 aliphatic rings. The largest absolute Gasteiger partial charge is 0.506 e. The molecule has 1 rings (SSSR count). The molecule has 2 N–H and O–H groups in total. The van der Waals surface area contributed by atoms with Crippen LogP contribution in [0.3, 0.4) is 0 Å². The molecule has 0 aromatic heterocycles. The highest BCUT2D eigenvalue weighted by molar-refractivity contribution is 5.93. The van der Waals surface area contributed by atoms with Crippen molar-refractivity contribution >= 4 is 11.7 Å². The summed E-state index contributed by atoms with van der Waals surface area (Å²) >= 11 is 0. The fraction of sp³-hybridized carbons (Fsp3) is 0. The molecule has 1 aromatic carbocycles. The molecule has 0 atom stereocenters. The molecule has 1 aromatic rings. The Labute approximate surface area is 76.8 Å². The summed E-state index contributed by atoms with van der Waals surface area (Å²) < 4.78 is 12.8. The summed E-state index contributed by atoms with van der Waals surface area (Å²) in [6.45, 7) is 0. The van der Waals surface area contributed by atoms with Crippen LogP contribution in [-0.4, -0.2) is 16.2 Å². The highest BCUT2D eigenvalue weighted by atomic mass is 19.1. The third-order valence-corrected chi connectivity index (χ3v) is 1.47. The van der Waals surface area contributed by atoms with E-state index in [2.05, 4.69) is 10.0 Å². The Kier molecular flexibility index (Phi) is 2.54. The van der Waals surface area contributed by atoms with E-state index in [-0.39, 0.29) is 5.69 Å². The van der Waals surface area contributed by atoms with Crippen molar-refractivity contribution in [2.24, 2.45) is 5.11 Å². The third-order valence-electron chi connectivity index (χ3n) is 1.47. The highest BCUT2D eigenvalue weighted by Crippen LogP contribution is 2.31. The van der Waals surface area contributed by atoms with Gasteiger partial charge in [-0.15, -0.1) is 0 Å². The van der Waals surface area contributed by atoms with Gasteiger partial charge in [-0.05, 0) is 17.7 Å². The van der Waals surface area contributed by atoms with E-state index in [1.165, 1.54) is 0 Å². The first-order valence-electron chi connectivity index (χ1n) is 3.37. The summed E-state index contributed by atoms with van der Waals surface area (Å²) in [7, 11) is 0. The van der Waals surface area contributed by atoms with Gasteiger partial charge in [-0.2, -0.15) is 0 Å². The van der Waals surface area contributed by atoms with E-state index in [4.69, 9.17) is 10.6 Å². The van der Waals surface area contributed by atoms with Crippen LogP contribution in [0.4, 0.5) is 10.1 Å². The lowest BCUT2D eigenvalue weighted by Gasteiger charge is -2.02. The summed E-state index contributed by atoms with van der Waals surface area (Å²) in [5.74, 6) is -3.60. The van der Waals surface area contributed by atoms with E-state index in [1.807, 2.05) is 0 Å². The maximum Gasteiger partial charge on any atom is 0.342 e. The number of halogens is 1. The van der Waals surface area contributed by atoms with Gasteiger partial charge in [-0.3, -0.25) is 0 Å². The number of hydrogen-bond acceptors (Lipinski definition) is 3. The SMILES string of the molecule is [N-]=[N+]=Nc1ccc(F)c(C(=O)O)c1O. The van der Waals surface area contributed by atoms with Gasteiger partial charge in [0.1, 0.15) is 17.1 Å². The van der Waals surface area contributed by atoms with Gasteiger partial charge in [0.25, 0.3) is 0 Å². The molecule has 0 spiro atoms. The minimum atomic E-state index is -1.63. The van der Waals surface area contributed by atoms with Gasteiger partial charge in [0.05, 0.1) is 5.69 Å². The Morgan fingerprint density at radius 1 is 1.57 bits per heavy atom. The van der Waals surface area contributed by atoms with Crippen LogP contribution in [0.2, 0.25) is 0 Å². The predicted octanol–water partition coefficient (Wildman–Crippen LogP) is 2.17. The number of phenols is 1. The molecule has 0 unspecified atom stereocenters. The van der Waals surface area contributed by atoms with Gasteiger partial charge < -0.3 is 10.2 Å². The van der Waals surface area contributed by atoms with Crippen molar-refractivity contribution in [1.29, 1.82) is 0 Å². The van der Waals surface area contributed by atoms with Crippen molar-refractivity contribution in [3.05, 3.63) is 34.0 Å². The lowest BCUT2D eigenvalue weighted by atomic mass is 10.1. The minimum absolute atomic E-state index is 0.327. The molecule has 6 nitrogen and oxygen atoms in total. The van der Waals surface area contributed by atoms with Crippen molar-refractivity contribution in [3.63, 3.8) is 0 Å². The zero-order valence-electron chi connectivity index (χ0n) is 6.68. The lowest BCUT2D eigenvalue weighted by molar-refractivity contribution is 0.0688. The van der Waals surface area contributed by atoms with E-state index >= 15 is 0 Å². The minimum Gasteiger partial charge on any atom is -0.506 e. The van der Waals surface area contributed by atoms with Crippen molar-refractivity contribution in [3.8, 4) is 5.75 Å². The zero-order valence-corrected chi connectivity index (χ0v) is 6.68. The number of rotatable bonds is 2. The fourth-order valence-electron chi connectivity index (χ4n) is 0.888. The van der Waals surface area contributed by atoms with Gasteiger partial charge in [-0.25, -0.2) is 9.18 Å². The average Bonchev–Trinajstić information content (AvgIpc) is 2.10. The second-order valence-corrected chi connectivity index (χ2v) is 2.28. The quantitative estimate of drug-likeness (QED) is 0.431. The molecule has 0 saturated heterocycles. The Bertz CT molecular complexity index is 440. The molecule has 0 amide bonds. The van der Waals surface area contributed by atoms with Crippen LogP contribution in [0.15, 0.2) is 17.2 Å². The molecule has 0 radical (unpaired) electrons. The highest BCUT2D eigenvalue weighted by Gasteiger charge is 2.18. The van der Waals surface area contributed by atoms with Crippen LogP contribution in [-0.2, 0) is 0 Å². The number of azide groups is 1. The Morgan fingerprint density at radius 3 is 2.71 bits per heavy atom. The number of carboxylic acid groups (broad SMARTS) is 1. The van der Waals surface area contributed by atoms with E-state index < -0.39 is 23.1 Å². The number of carboxylic acids is 1. The second kappa shape index (κ2) is 3.63. The molecule has 0 heterocycles. The molecule has 0 fully saturated rings. The summed E-state index contributed by atoms with van der Waals surface area (Å²) in [4.78, 5) is 12.8. The average molecular weight is 197 g/mol. The van der Waals surface area contributed by atoms with Gasteiger partial charge in [0.15, 0.2) is 0 Å². The van der Waals surface area contributed by atoms with Crippen LogP contribution >= 0.6 is 0 Å². The molecule has 7 heteroatoms. The molecular weight excluding hydrogens is 193 g/mol. The summed E-state index contributed by atoms with van der Waals surface area (Å²) in [6, 6.07) is 1.78. The Balaban J connectivity index is 3.48. The van der Waals surface area contributed by atoms with Gasteiger partial charge >= 0.3 is 5.97 Å². The van der Waals surface area contributed by atoms with E-state index in [0.717, 1.165) is 12.1 Å². The van der Waals surface area contributed by atoms with Crippen LogP contribution in [0.5, 0.6) is 5.75 Å². The second-order valence-electron chi connectivity index (χ2n) is 2.28. The number of hydrogen-bond donors (Lipinski definition) is 2. The third kappa shape index (κ3) is 1.57. The fourth-order valence-corrected chi connectivity index (χ4v) is 0.888. The molecule has 14 heavy (non-hydrogen) atoms. The van der Waals surface area contributed by atoms with Crippen LogP contribution in [0.1, 0.15) is 10.4 Å². The molecule has 0 bridgehead atoms.